The molecule has 1 aromatic carbocycles. The number of aromatic nitrogens is 3. The van der Waals surface area contributed by atoms with E-state index in [1.54, 1.807) is 36.5 Å². The molecule has 0 saturated heterocycles. The first-order valence-electron chi connectivity index (χ1n) is 9.19. The van der Waals surface area contributed by atoms with Crippen LogP contribution >= 0.6 is 0 Å². The molecule has 0 radical (unpaired) electrons. The summed E-state index contributed by atoms with van der Waals surface area (Å²) in [6.07, 6.45) is 4.37. The highest BCUT2D eigenvalue weighted by atomic mass is 32.2. The van der Waals surface area contributed by atoms with Gasteiger partial charge in [-0.25, -0.2) is 17.9 Å². The number of nitrogens with two attached hydrogens (primary N) is 1. The predicted molar refractivity (Wildman–Crippen MR) is 107 cm³/mol. The summed E-state index contributed by atoms with van der Waals surface area (Å²) in [5.41, 5.74) is 1.27. The van der Waals surface area contributed by atoms with Crippen molar-refractivity contribution in [3.8, 4) is 11.3 Å². The van der Waals surface area contributed by atoms with Crippen LogP contribution in [0.2, 0.25) is 0 Å². The average Bonchev–Trinajstić information content (AvgIpc) is 2.68. The fourth-order valence-corrected chi connectivity index (χ4v) is 4.11. The van der Waals surface area contributed by atoms with Gasteiger partial charge in [-0.05, 0) is 49.2 Å². The Balaban J connectivity index is 1.50. The van der Waals surface area contributed by atoms with Crippen molar-refractivity contribution in [3.63, 3.8) is 0 Å². The van der Waals surface area contributed by atoms with Crippen LogP contribution in [0.5, 0.6) is 0 Å². The topological polar surface area (TPSA) is 111 Å². The SMILES string of the molecule is NS(=O)(=O)c1cccc(-c2ccc(NCC3(c4ncccc4F)CCC3)nn2)c1. The van der Waals surface area contributed by atoms with Gasteiger partial charge in [-0.2, -0.15) is 0 Å². The molecule has 0 unspecified atom stereocenters. The van der Waals surface area contributed by atoms with Crippen molar-refractivity contribution < 1.29 is 12.8 Å². The Bertz CT molecular complexity index is 1130. The van der Waals surface area contributed by atoms with E-state index in [9.17, 15) is 12.8 Å². The molecule has 1 fully saturated rings. The van der Waals surface area contributed by atoms with Crippen LogP contribution in [0.1, 0.15) is 25.0 Å². The fourth-order valence-electron chi connectivity index (χ4n) is 3.55. The van der Waals surface area contributed by atoms with Gasteiger partial charge in [0.25, 0.3) is 0 Å². The molecule has 1 aliphatic rings. The maximum Gasteiger partial charge on any atom is 0.238 e. The number of hydrogen-bond acceptors (Lipinski definition) is 6. The van der Waals surface area contributed by atoms with Crippen LogP contribution < -0.4 is 10.5 Å². The highest BCUT2D eigenvalue weighted by molar-refractivity contribution is 7.89. The number of primary sulfonamides is 1. The maximum absolute atomic E-state index is 14.2. The second-order valence-electron chi connectivity index (χ2n) is 7.20. The molecule has 9 heteroatoms. The van der Waals surface area contributed by atoms with E-state index in [1.807, 2.05) is 0 Å². The van der Waals surface area contributed by atoms with E-state index in [2.05, 4.69) is 20.5 Å². The predicted octanol–water partition coefficient (Wildman–Crippen LogP) is 2.86. The molecule has 150 valence electrons. The van der Waals surface area contributed by atoms with Crippen LogP contribution in [0.3, 0.4) is 0 Å². The largest absolute Gasteiger partial charge is 0.368 e. The number of pyridine rings is 1. The fraction of sp³-hybridized carbons (Fsp3) is 0.250. The molecule has 3 aromatic rings. The molecule has 3 N–H and O–H groups in total. The van der Waals surface area contributed by atoms with Crippen molar-refractivity contribution in [2.45, 2.75) is 29.6 Å². The zero-order chi connectivity index (χ0) is 20.5. The van der Waals surface area contributed by atoms with Crippen molar-refractivity contribution in [1.29, 1.82) is 0 Å². The summed E-state index contributed by atoms with van der Waals surface area (Å²) in [4.78, 5) is 4.27. The second kappa shape index (κ2) is 7.49. The van der Waals surface area contributed by atoms with Crippen LogP contribution in [0.4, 0.5) is 10.2 Å². The van der Waals surface area contributed by atoms with Gasteiger partial charge in [0.15, 0.2) is 0 Å². The van der Waals surface area contributed by atoms with Crippen molar-refractivity contribution >= 4 is 15.8 Å². The molecular weight excluding hydrogens is 393 g/mol. The second-order valence-corrected chi connectivity index (χ2v) is 8.76. The van der Waals surface area contributed by atoms with E-state index in [0.29, 0.717) is 29.3 Å². The van der Waals surface area contributed by atoms with Gasteiger partial charge in [0.05, 0.1) is 16.3 Å². The van der Waals surface area contributed by atoms with Gasteiger partial charge >= 0.3 is 0 Å². The van der Waals surface area contributed by atoms with Crippen LogP contribution in [0, 0.1) is 5.82 Å². The van der Waals surface area contributed by atoms with Crippen molar-refractivity contribution in [2.75, 3.05) is 11.9 Å². The van der Waals surface area contributed by atoms with E-state index >= 15 is 0 Å². The molecule has 2 aromatic heterocycles. The third-order valence-corrected chi connectivity index (χ3v) is 6.21. The van der Waals surface area contributed by atoms with Gasteiger partial charge in [-0.1, -0.05) is 18.6 Å². The van der Waals surface area contributed by atoms with Crippen LogP contribution in [-0.2, 0) is 15.4 Å². The first-order chi connectivity index (χ1) is 13.9. The quantitative estimate of drug-likeness (QED) is 0.643. The standard InChI is InChI=1S/C20H20FN5O2S/c21-16-6-2-11-23-19(16)20(9-3-10-20)13-24-18-8-7-17(25-26-18)14-4-1-5-15(12-14)29(22,27)28/h1-2,4-8,11-12H,3,9-10,13H2,(H,24,26)(H2,22,27,28). The number of anilines is 1. The lowest BCUT2D eigenvalue weighted by molar-refractivity contribution is 0.243. The highest BCUT2D eigenvalue weighted by Gasteiger charge is 2.41. The van der Waals surface area contributed by atoms with Crippen molar-refractivity contribution in [1.82, 2.24) is 15.2 Å². The molecule has 0 amide bonds. The number of rotatable bonds is 6. The third-order valence-electron chi connectivity index (χ3n) is 5.30. The Kier molecular flexibility index (Phi) is 5.01. The lowest BCUT2D eigenvalue weighted by atomic mass is 9.66. The number of hydrogen-bond donors (Lipinski definition) is 2. The molecule has 1 saturated carbocycles. The molecule has 1 aliphatic carbocycles. The van der Waals surface area contributed by atoms with Gasteiger partial charge in [-0.3, -0.25) is 4.98 Å². The summed E-state index contributed by atoms with van der Waals surface area (Å²) in [6, 6.07) is 12.8. The Morgan fingerprint density at radius 1 is 1.10 bits per heavy atom. The lowest BCUT2D eigenvalue weighted by Crippen LogP contribution is -2.42. The molecule has 0 atom stereocenters. The van der Waals surface area contributed by atoms with Crippen LogP contribution in [-0.4, -0.2) is 30.1 Å². The normalized spacial score (nSPS) is 15.5. The van der Waals surface area contributed by atoms with E-state index in [-0.39, 0.29) is 16.1 Å². The first-order valence-corrected chi connectivity index (χ1v) is 10.7. The summed E-state index contributed by atoms with van der Waals surface area (Å²) in [7, 11) is -3.79. The Hall–Kier alpha value is -2.91. The molecule has 2 heterocycles. The molecule has 0 bridgehead atoms. The number of nitrogens with one attached hydrogen (secondary N) is 1. The zero-order valence-corrected chi connectivity index (χ0v) is 16.4. The first kappa shape index (κ1) is 19.4. The molecule has 0 aliphatic heterocycles. The minimum atomic E-state index is -3.79. The van der Waals surface area contributed by atoms with Gasteiger partial charge in [0, 0.05) is 23.7 Å². The minimum absolute atomic E-state index is 0.0170. The van der Waals surface area contributed by atoms with E-state index in [4.69, 9.17) is 5.14 Å². The summed E-state index contributed by atoms with van der Waals surface area (Å²) < 4.78 is 37.3. The Labute approximate surface area is 168 Å². The van der Waals surface area contributed by atoms with Gasteiger partial charge < -0.3 is 5.32 Å². The summed E-state index contributed by atoms with van der Waals surface area (Å²) in [6.45, 7) is 0.510. The van der Waals surface area contributed by atoms with E-state index in [0.717, 1.165) is 19.3 Å². The monoisotopic (exact) mass is 413 g/mol. The summed E-state index contributed by atoms with van der Waals surface area (Å²) >= 11 is 0. The van der Waals surface area contributed by atoms with Crippen LogP contribution in [0.25, 0.3) is 11.3 Å². The van der Waals surface area contributed by atoms with Gasteiger partial charge in [-0.15, -0.1) is 10.2 Å². The summed E-state index contributed by atoms with van der Waals surface area (Å²) in [5, 5.41) is 16.7. The van der Waals surface area contributed by atoms with Crippen molar-refractivity contribution in [3.05, 3.63) is 66.2 Å². The maximum atomic E-state index is 14.2. The van der Waals surface area contributed by atoms with Crippen LogP contribution in [0.15, 0.2) is 59.6 Å². The van der Waals surface area contributed by atoms with E-state index < -0.39 is 10.0 Å². The number of halogens is 1. The molecule has 0 spiro atoms. The number of nitrogens with zero attached hydrogens (tertiary/aromatic N) is 3. The molecule has 4 rings (SSSR count). The summed E-state index contributed by atoms with van der Waals surface area (Å²) in [5.74, 6) is 0.268. The Morgan fingerprint density at radius 3 is 2.55 bits per heavy atom. The van der Waals surface area contributed by atoms with Crippen molar-refractivity contribution in [2.24, 2.45) is 5.14 Å². The van der Waals surface area contributed by atoms with E-state index in [1.165, 1.54) is 18.2 Å². The zero-order valence-electron chi connectivity index (χ0n) is 15.5. The van der Waals surface area contributed by atoms with Gasteiger partial charge in [0.2, 0.25) is 10.0 Å². The average molecular weight is 413 g/mol. The van der Waals surface area contributed by atoms with Gasteiger partial charge in [0.1, 0.15) is 11.6 Å². The smallest absolute Gasteiger partial charge is 0.238 e. The molecular formula is C20H20FN5O2S. The molecule has 7 nitrogen and oxygen atoms in total. The number of sulfonamides is 1. The Morgan fingerprint density at radius 2 is 1.93 bits per heavy atom. The lowest BCUT2D eigenvalue weighted by Gasteiger charge is -2.41. The number of benzene rings is 1. The highest BCUT2D eigenvalue weighted by Crippen LogP contribution is 2.43. The minimum Gasteiger partial charge on any atom is -0.368 e. The molecule has 29 heavy (non-hydrogen) atoms. The third kappa shape index (κ3) is 3.96.